The Hall–Kier alpha value is -1.44. The molecule has 0 spiro atoms. The largest absolute Gasteiger partial charge is 0.379 e. The Kier molecular flexibility index (Phi) is 5.93. The minimum atomic E-state index is -0.591. The molecule has 2 fully saturated rings. The van der Waals surface area contributed by atoms with Crippen molar-refractivity contribution >= 4 is 24.0 Å². The van der Waals surface area contributed by atoms with Crippen LogP contribution in [0.25, 0.3) is 0 Å². The van der Waals surface area contributed by atoms with Gasteiger partial charge in [-0.15, -0.1) is 12.4 Å². The molecule has 0 saturated carbocycles. The van der Waals surface area contributed by atoms with Gasteiger partial charge in [-0.2, -0.15) is 4.39 Å². The number of nitrogens with one attached hydrogen (secondary N) is 2. The number of pyridine rings is 1. The molecule has 1 amide bonds. The number of ether oxygens (including phenoxy) is 1. The van der Waals surface area contributed by atoms with Gasteiger partial charge in [0, 0.05) is 32.8 Å². The van der Waals surface area contributed by atoms with Crippen molar-refractivity contribution in [2.45, 2.75) is 12.5 Å². The van der Waals surface area contributed by atoms with Crippen LogP contribution in [0.5, 0.6) is 0 Å². The molecule has 0 aliphatic carbocycles. The van der Waals surface area contributed by atoms with Gasteiger partial charge in [-0.3, -0.25) is 4.79 Å². The predicted octanol–water partition coefficient (Wildman–Crippen LogP) is 0.571. The zero-order valence-corrected chi connectivity index (χ0v) is 13.0. The van der Waals surface area contributed by atoms with Crippen LogP contribution in [0.2, 0.25) is 0 Å². The monoisotopic (exact) mass is 330 g/mol. The second kappa shape index (κ2) is 7.71. The maximum atomic E-state index is 14.1. The van der Waals surface area contributed by atoms with Gasteiger partial charge in [0.25, 0.3) is 5.91 Å². The summed E-state index contributed by atoms with van der Waals surface area (Å²) in [7, 11) is 0. The van der Waals surface area contributed by atoms with Gasteiger partial charge in [-0.05, 0) is 18.6 Å². The second-order valence-corrected chi connectivity index (χ2v) is 5.28. The molecule has 2 aliphatic rings. The van der Waals surface area contributed by atoms with Crippen molar-refractivity contribution in [2.24, 2.45) is 0 Å². The number of carbonyl (C=O) groups is 1. The Morgan fingerprint density at radius 3 is 2.82 bits per heavy atom. The molecule has 3 heterocycles. The summed E-state index contributed by atoms with van der Waals surface area (Å²) in [5.41, 5.74) is 0.565. The summed E-state index contributed by atoms with van der Waals surface area (Å²) in [5.74, 6) is -0.941. The van der Waals surface area contributed by atoms with E-state index in [-0.39, 0.29) is 30.0 Å². The van der Waals surface area contributed by atoms with Crippen LogP contribution in [0, 0.1) is 5.95 Å². The van der Waals surface area contributed by atoms with E-state index in [4.69, 9.17) is 4.74 Å². The first-order valence-electron chi connectivity index (χ1n) is 7.25. The zero-order chi connectivity index (χ0) is 14.7. The van der Waals surface area contributed by atoms with Crippen LogP contribution in [0.3, 0.4) is 0 Å². The number of aromatic nitrogens is 1. The first kappa shape index (κ1) is 16.9. The molecule has 6 nitrogen and oxygen atoms in total. The third-order valence-electron chi connectivity index (χ3n) is 3.78. The highest BCUT2D eigenvalue weighted by Gasteiger charge is 2.21. The first-order valence-corrected chi connectivity index (χ1v) is 7.25. The zero-order valence-electron chi connectivity index (χ0n) is 12.2. The number of anilines is 1. The van der Waals surface area contributed by atoms with Crippen molar-refractivity contribution in [1.29, 1.82) is 0 Å². The maximum absolute atomic E-state index is 14.1. The molecular formula is C14H20ClFN4O2. The molecule has 2 N–H and O–H groups in total. The lowest BCUT2D eigenvalue weighted by Crippen LogP contribution is -2.44. The van der Waals surface area contributed by atoms with Gasteiger partial charge in [0.15, 0.2) is 0 Å². The fourth-order valence-electron chi connectivity index (χ4n) is 2.60. The number of hydrogen-bond acceptors (Lipinski definition) is 5. The van der Waals surface area contributed by atoms with Gasteiger partial charge < -0.3 is 20.3 Å². The number of piperazine rings is 1. The van der Waals surface area contributed by atoms with E-state index in [9.17, 15) is 9.18 Å². The van der Waals surface area contributed by atoms with Gasteiger partial charge in [-0.1, -0.05) is 0 Å². The van der Waals surface area contributed by atoms with Crippen molar-refractivity contribution in [3.63, 3.8) is 0 Å². The number of rotatable bonds is 3. The van der Waals surface area contributed by atoms with Gasteiger partial charge in [-0.25, -0.2) is 4.98 Å². The Bertz CT molecular complexity index is 520. The van der Waals surface area contributed by atoms with Crippen LogP contribution >= 0.6 is 12.4 Å². The highest BCUT2D eigenvalue weighted by molar-refractivity contribution is 5.92. The number of halogens is 2. The Morgan fingerprint density at radius 1 is 1.41 bits per heavy atom. The fraction of sp³-hybridized carbons (Fsp3) is 0.571. The minimum absolute atomic E-state index is 0. The molecule has 2 aliphatic heterocycles. The van der Waals surface area contributed by atoms with E-state index in [0.717, 1.165) is 32.6 Å². The summed E-state index contributed by atoms with van der Waals surface area (Å²) in [6.45, 7) is 4.28. The Morgan fingerprint density at radius 2 is 2.18 bits per heavy atom. The molecule has 0 bridgehead atoms. The van der Waals surface area contributed by atoms with Crippen LogP contribution in [-0.2, 0) is 4.74 Å². The third-order valence-corrected chi connectivity index (χ3v) is 3.78. The molecule has 0 unspecified atom stereocenters. The van der Waals surface area contributed by atoms with E-state index in [1.165, 1.54) is 0 Å². The lowest BCUT2D eigenvalue weighted by atomic mass is 10.2. The lowest BCUT2D eigenvalue weighted by Gasteiger charge is -2.29. The van der Waals surface area contributed by atoms with Gasteiger partial charge in [0.1, 0.15) is 5.69 Å². The molecule has 8 heteroatoms. The number of nitrogens with zero attached hydrogens (tertiary/aromatic N) is 2. The molecular weight excluding hydrogens is 311 g/mol. The topological polar surface area (TPSA) is 66.5 Å². The van der Waals surface area contributed by atoms with E-state index >= 15 is 0 Å². The van der Waals surface area contributed by atoms with Crippen LogP contribution in [-0.4, -0.2) is 56.3 Å². The molecule has 122 valence electrons. The highest BCUT2D eigenvalue weighted by atomic mass is 35.5. The molecule has 3 rings (SSSR count). The number of carbonyl (C=O) groups excluding carboxylic acids is 1. The minimum Gasteiger partial charge on any atom is -0.379 e. The van der Waals surface area contributed by atoms with Crippen molar-refractivity contribution in [2.75, 3.05) is 44.3 Å². The first-order chi connectivity index (χ1) is 10.2. The van der Waals surface area contributed by atoms with E-state index < -0.39 is 5.95 Å². The summed E-state index contributed by atoms with van der Waals surface area (Å²) >= 11 is 0. The average Bonchev–Trinajstić information content (AvgIpc) is 3.01. The molecule has 0 radical (unpaired) electrons. The Labute approximate surface area is 134 Å². The van der Waals surface area contributed by atoms with Crippen molar-refractivity contribution in [3.05, 3.63) is 23.8 Å². The van der Waals surface area contributed by atoms with E-state index in [1.54, 1.807) is 12.1 Å². The third kappa shape index (κ3) is 3.85. The number of amides is 1. The molecule has 0 aromatic carbocycles. The maximum Gasteiger partial charge on any atom is 0.270 e. The van der Waals surface area contributed by atoms with E-state index in [2.05, 4.69) is 15.6 Å². The van der Waals surface area contributed by atoms with Crippen LogP contribution in [0.4, 0.5) is 10.1 Å². The number of hydrogen-bond donors (Lipinski definition) is 2. The van der Waals surface area contributed by atoms with Crippen molar-refractivity contribution < 1.29 is 13.9 Å². The highest BCUT2D eigenvalue weighted by Crippen LogP contribution is 2.18. The summed E-state index contributed by atoms with van der Waals surface area (Å²) in [6, 6.07) is 3.20. The van der Waals surface area contributed by atoms with Crippen molar-refractivity contribution in [3.8, 4) is 0 Å². The second-order valence-electron chi connectivity index (χ2n) is 5.28. The Balaban J connectivity index is 0.00000176. The van der Waals surface area contributed by atoms with Gasteiger partial charge in [0.05, 0.1) is 18.3 Å². The molecule has 1 aromatic heterocycles. The van der Waals surface area contributed by atoms with Crippen molar-refractivity contribution in [1.82, 2.24) is 15.6 Å². The normalized spacial score (nSPS) is 21.3. The van der Waals surface area contributed by atoms with Crippen LogP contribution < -0.4 is 15.5 Å². The molecule has 2 saturated heterocycles. The smallest absolute Gasteiger partial charge is 0.270 e. The summed E-state index contributed by atoms with van der Waals surface area (Å²) in [6.07, 6.45) is 0.785. The average molecular weight is 331 g/mol. The van der Waals surface area contributed by atoms with Gasteiger partial charge >= 0.3 is 0 Å². The summed E-state index contributed by atoms with van der Waals surface area (Å²) < 4.78 is 19.3. The van der Waals surface area contributed by atoms with Gasteiger partial charge in [0.2, 0.25) is 5.95 Å². The fourth-order valence-corrected chi connectivity index (χ4v) is 2.60. The SMILES string of the molecule is Cl.O=C(N[C@@H]1CCOC1)c1ccc(N2CCNCC2)c(F)n1. The van der Waals surface area contributed by atoms with Crippen LogP contribution in [0.15, 0.2) is 12.1 Å². The molecule has 22 heavy (non-hydrogen) atoms. The van der Waals surface area contributed by atoms with E-state index in [1.807, 2.05) is 4.90 Å². The molecule has 1 aromatic rings. The van der Waals surface area contributed by atoms with E-state index in [0.29, 0.717) is 18.9 Å². The molecule has 1 atom stereocenters. The lowest BCUT2D eigenvalue weighted by molar-refractivity contribution is 0.0923. The quantitative estimate of drug-likeness (QED) is 0.793. The predicted molar refractivity (Wildman–Crippen MR) is 83.2 cm³/mol. The summed E-state index contributed by atoms with van der Waals surface area (Å²) in [4.78, 5) is 17.8. The summed E-state index contributed by atoms with van der Waals surface area (Å²) in [5, 5.41) is 6.02. The standard InChI is InChI=1S/C14H19FN4O2.ClH/c15-13-12(19-6-4-16-5-7-19)2-1-11(18-13)14(20)17-10-3-8-21-9-10;/h1-2,10,16H,3-9H2,(H,17,20);1H/t10-;/m1./s1. The van der Waals surface area contributed by atoms with Crippen LogP contribution in [0.1, 0.15) is 16.9 Å².